The van der Waals surface area contributed by atoms with Gasteiger partial charge in [0.05, 0.1) is 5.75 Å². The number of thiophene rings is 1. The van der Waals surface area contributed by atoms with Gasteiger partial charge in [0, 0.05) is 28.9 Å². The van der Waals surface area contributed by atoms with Gasteiger partial charge in [-0.05, 0) is 36.3 Å². The molecule has 0 saturated heterocycles. The predicted octanol–water partition coefficient (Wildman–Crippen LogP) is 4.73. The summed E-state index contributed by atoms with van der Waals surface area (Å²) in [6.07, 6.45) is 5.32. The van der Waals surface area contributed by atoms with E-state index in [4.69, 9.17) is 0 Å². The number of thioether (sulfide) groups is 1. The summed E-state index contributed by atoms with van der Waals surface area (Å²) in [5, 5.41) is 14.8. The monoisotopic (exact) mass is 438 g/mol. The number of carbonyl (C=O) groups excluding carboxylic acids is 1. The van der Waals surface area contributed by atoms with Crippen LogP contribution in [0.3, 0.4) is 0 Å². The standard InChI is InChI=1S/C23H26N4OS2/c1-3-11-27-22(19-14-29-20-12-16(2)9-10-18(19)20)25-26-23(27)30-15-21(28)24-13-17-7-5-4-6-8-17/h3-8,14,16H,1,9-13,15H2,2H3,(H,24,28). The average molecular weight is 439 g/mol. The van der Waals surface area contributed by atoms with Crippen LogP contribution in [-0.4, -0.2) is 26.4 Å². The molecule has 1 atom stereocenters. The van der Waals surface area contributed by atoms with Gasteiger partial charge in [-0.25, -0.2) is 0 Å². The minimum Gasteiger partial charge on any atom is -0.351 e. The predicted molar refractivity (Wildman–Crippen MR) is 124 cm³/mol. The van der Waals surface area contributed by atoms with Crippen molar-refractivity contribution in [2.45, 2.75) is 44.4 Å². The molecule has 5 nitrogen and oxygen atoms in total. The summed E-state index contributed by atoms with van der Waals surface area (Å²) in [4.78, 5) is 13.8. The highest BCUT2D eigenvalue weighted by Crippen LogP contribution is 2.38. The molecule has 0 saturated carbocycles. The molecular formula is C23H26N4OS2. The Hall–Kier alpha value is -2.38. The van der Waals surface area contributed by atoms with Crippen molar-refractivity contribution in [2.24, 2.45) is 5.92 Å². The first-order chi connectivity index (χ1) is 14.7. The van der Waals surface area contributed by atoms with Gasteiger partial charge in [-0.2, -0.15) is 0 Å². The van der Waals surface area contributed by atoms with E-state index < -0.39 is 0 Å². The van der Waals surface area contributed by atoms with E-state index in [9.17, 15) is 4.79 Å². The van der Waals surface area contributed by atoms with Gasteiger partial charge in [0.2, 0.25) is 5.91 Å². The second-order valence-electron chi connectivity index (χ2n) is 7.66. The number of carbonyl (C=O) groups is 1. The molecule has 4 rings (SSSR count). The molecule has 156 valence electrons. The zero-order chi connectivity index (χ0) is 20.9. The molecule has 1 aliphatic rings. The van der Waals surface area contributed by atoms with E-state index in [1.807, 2.05) is 47.7 Å². The van der Waals surface area contributed by atoms with Crippen LogP contribution in [0.1, 0.15) is 29.3 Å². The number of benzene rings is 1. The molecule has 7 heteroatoms. The lowest BCUT2D eigenvalue weighted by atomic mass is 9.88. The van der Waals surface area contributed by atoms with Crippen molar-refractivity contribution < 1.29 is 4.79 Å². The molecular weight excluding hydrogens is 412 g/mol. The van der Waals surface area contributed by atoms with Gasteiger partial charge in [-0.3, -0.25) is 9.36 Å². The molecule has 1 aromatic carbocycles. The number of nitrogens with one attached hydrogen (secondary N) is 1. The maximum atomic E-state index is 12.3. The van der Waals surface area contributed by atoms with Crippen LogP contribution < -0.4 is 5.32 Å². The van der Waals surface area contributed by atoms with Gasteiger partial charge >= 0.3 is 0 Å². The summed E-state index contributed by atoms with van der Waals surface area (Å²) in [5.74, 6) is 1.92. The highest BCUT2D eigenvalue weighted by molar-refractivity contribution is 7.99. The van der Waals surface area contributed by atoms with Gasteiger partial charge < -0.3 is 5.32 Å². The Labute approximate surface area is 185 Å². The molecule has 0 spiro atoms. The molecule has 1 aliphatic carbocycles. The van der Waals surface area contributed by atoms with Crippen LogP contribution in [0.25, 0.3) is 11.4 Å². The molecule has 1 N–H and O–H groups in total. The van der Waals surface area contributed by atoms with Gasteiger partial charge in [0.1, 0.15) is 0 Å². The average Bonchev–Trinajstić information content (AvgIpc) is 3.35. The number of allylic oxidation sites excluding steroid dienone is 1. The van der Waals surface area contributed by atoms with Crippen molar-refractivity contribution in [3.05, 3.63) is 64.4 Å². The van der Waals surface area contributed by atoms with Crippen LogP contribution in [0.2, 0.25) is 0 Å². The smallest absolute Gasteiger partial charge is 0.230 e. The first-order valence-corrected chi connectivity index (χ1v) is 12.1. The maximum absolute atomic E-state index is 12.3. The normalized spacial score (nSPS) is 15.6. The number of fused-ring (bicyclic) bond motifs is 1. The van der Waals surface area contributed by atoms with Gasteiger partial charge in [-0.1, -0.05) is 55.1 Å². The van der Waals surface area contributed by atoms with E-state index in [0.29, 0.717) is 18.8 Å². The number of aromatic nitrogens is 3. The van der Waals surface area contributed by atoms with Crippen molar-refractivity contribution in [1.29, 1.82) is 0 Å². The lowest BCUT2D eigenvalue weighted by Gasteiger charge is -2.19. The van der Waals surface area contributed by atoms with Crippen LogP contribution in [0, 0.1) is 5.92 Å². The number of hydrogen-bond acceptors (Lipinski definition) is 5. The molecule has 3 aromatic rings. The molecule has 0 bridgehead atoms. The Morgan fingerprint density at radius 1 is 1.37 bits per heavy atom. The lowest BCUT2D eigenvalue weighted by Crippen LogP contribution is -2.24. The molecule has 1 amide bonds. The first-order valence-electron chi connectivity index (χ1n) is 10.2. The lowest BCUT2D eigenvalue weighted by molar-refractivity contribution is -0.118. The zero-order valence-electron chi connectivity index (χ0n) is 17.1. The summed E-state index contributed by atoms with van der Waals surface area (Å²) in [7, 11) is 0. The number of amides is 1. The first kappa shape index (κ1) is 20.9. The van der Waals surface area contributed by atoms with Gasteiger partial charge in [0.25, 0.3) is 0 Å². The quantitative estimate of drug-likeness (QED) is 0.408. The van der Waals surface area contributed by atoms with Crippen molar-refractivity contribution >= 4 is 29.0 Å². The van der Waals surface area contributed by atoms with Crippen molar-refractivity contribution in [3.63, 3.8) is 0 Å². The number of nitrogens with zero attached hydrogens (tertiary/aromatic N) is 3. The summed E-state index contributed by atoms with van der Waals surface area (Å²) >= 11 is 3.25. The Kier molecular flexibility index (Phi) is 6.69. The van der Waals surface area contributed by atoms with E-state index in [1.54, 1.807) is 0 Å². The van der Waals surface area contributed by atoms with Crippen LogP contribution in [0.5, 0.6) is 0 Å². The number of hydrogen-bond donors (Lipinski definition) is 1. The molecule has 0 radical (unpaired) electrons. The minimum absolute atomic E-state index is 0.0135. The SMILES string of the molecule is C=CCn1c(SCC(=O)NCc2ccccc2)nnc1-c1csc2c1CCC(C)C2. The third-order valence-corrected chi connectivity index (χ3v) is 7.35. The second kappa shape index (κ2) is 9.62. The fourth-order valence-electron chi connectivity index (χ4n) is 3.73. The van der Waals surface area contributed by atoms with E-state index in [1.165, 1.54) is 34.2 Å². The highest BCUT2D eigenvalue weighted by Gasteiger charge is 2.24. The fourth-order valence-corrected chi connectivity index (χ4v) is 5.75. The van der Waals surface area contributed by atoms with Crippen LogP contribution >= 0.6 is 23.1 Å². The van der Waals surface area contributed by atoms with Crippen molar-refractivity contribution in [2.75, 3.05) is 5.75 Å². The second-order valence-corrected chi connectivity index (χ2v) is 9.56. The van der Waals surface area contributed by atoms with E-state index in [2.05, 4.69) is 39.0 Å². The van der Waals surface area contributed by atoms with Crippen LogP contribution in [0.4, 0.5) is 0 Å². The van der Waals surface area contributed by atoms with Crippen LogP contribution in [-0.2, 0) is 30.7 Å². The van der Waals surface area contributed by atoms with E-state index in [0.717, 1.165) is 35.3 Å². The Balaban J connectivity index is 1.45. The molecule has 2 heterocycles. The Bertz CT molecular complexity index is 1030. The van der Waals surface area contributed by atoms with E-state index in [-0.39, 0.29) is 5.91 Å². The maximum Gasteiger partial charge on any atom is 0.230 e. The van der Waals surface area contributed by atoms with Gasteiger partial charge in [0.15, 0.2) is 11.0 Å². The Morgan fingerprint density at radius 3 is 3.00 bits per heavy atom. The minimum atomic E-state index is -0.0135. The van der Waals surface area contributed by atoms with Crippen molar-refractivity contribution in [1.82, 2.24) is 20.1 Å². The molecule has 0 fully saturated rings. The largest absolute Gasteiger partial charge is 0.351 e. The molecule has 2 aromatic heterocycles. The number of rotatable bonds is 8. The van der Waals surface area contributed by atoms with Gasteiger partial charge in [-0.15, -0.1) is 28.1 Å². The third kappa shape index (κ3) is 4.68. The molecule has 30 heavy (non-hydrogen) atoms. The fraction of sp³-hybridized carbons (Fsp3) is 0.348. The van der Waals surface area contributed by atoms with Crippen LogP contribution in [0.15, 0.2) is 53.5 Å². The zero-order valence-corrected chi connectivity index (χ0v) is 18.8. The summed E-state index contributed by atoms with van der Waals surface area (Å²) in [6, 6.07) is 9.92. The summed E-state index contributed by atoms with van der Waals surface area (Å²) in [6.45, 7) is 7.37. The summed E-state index contributed by atoms with van der Waals surface area (Å²) < 4.78 is 2.07. The highest BCUT2D eigenvalue weighted by atomic mass is 32.2. The Morgan fingerprint density at radius 2 is 2.20 bits per heavy atom. The molecule has 0 aliphatic heterocycles. The van der Waals surface area contributed by atoms with E-state index >= 15 is 0 Å². The summed E-state index contributed by atoms with van der Waals surface area (Å²) in [5.41, 5.74) is 3.70. The van der Waals surface area contributed by atoms with Crippen molar-refractivity contribution in [3.8, 4) is 11.4 Å². The molecule has 1 unspecified atom stereocenters. The third-order valence-electron chi connectivity index (χ3n) is 5.34. The topological polar surface area (TPSA) is 59.8 Å².